The second kappa shape index (κ2) is 6.67. The normalized spacial score (nSPS) is 36.1. The van der Waals surface area contributed by atoms with Gasteiger partial charge in [-0.2, -0.15) is 5.10 Å². The summed E-state index contributed by atoms with van der Waals surface area (Å²) >= 11 is 0. The van der Waals surface area contributed by atoms with Crippen LogP contribution in [0.2, 0.25) is 0 Å². The molecule has 7 heteroatoms. The Kier molecular flexibility index (Phi) is 4.49. The van der Waals surface area contributed by atoms with Crippen LogP contribution in [-0.2, 0) is 19.1 Å². The molecule has 1 aliphatic heterocycles. The van der Waals surface area contributed by atoms with Crippen LogP contribution in [0.15, 0.2) is 5.10 Å². The third kappa shape index (κ3) is 3.35. The molecule has 5 rings (SSSR count). The van der Waals surface area contributed by atoms with Crippen molar-refractivity contribution in [1.29, 1.82) is 0 Å². The highest BCUT2D eigenvalue weighted by Gasteiger charge is 2.53. The van der Waals surface area contributed by atoms with Gasteiger partial charge in [-0.3, -0.25) is 9.59 Å². The first-order valence-corrected chi connectivity index (χ1v) is 9.75. The summed E-state index contributed by atoms with van der Waals surface area (Å²) in [5.41, 5.74) is 2.64. The highest BCUT2D eigenvalue weighted by molar-refractivity contribution is 6.37. The molecule has 0 aromatic heterocycles. The van der Waals surface area contributed by atoms with Gasteiger partial charge in [0.15, 0.2) is 6.61 Å². The van der Waals surface area contributed by atoms with Crippen LogP contribution < -0.4 is 10.7 Å². The lowest BCUT2D eigenvalue weighted by Gasteiger charge is -2.59. The largest absolute Gasteiger partial charge is 0.451 e. The Morgan fingerprint density at radius 2 is 1.81 bits per heavy atom. The van der Waals surface area contributed by atoms with E-state index in [1.165, 1.54) is 38.5 Å². The Morgan fingerprint density at radius 3 is 2.35 bits per heavy atom. The molecular formula is C19H27N3O4. The van der Waals surface area contributed by atoms with Gasteiger partial charge in [0.05, 0.1) is 0 Å². The molecule has 2 N–H and O–H groups in total. The lowest BCUT2D eigenvalue weighted by Crippen LogP contribution is -2.56. The zero-order chi connectivity index (χ0) is 18.3. The fourth-order valence-electron chi connectivity index (χ4n) is 5.98. The molecule has 1 atom stereocenters. The monoisotopic (exact) mass is 361 g/mol. The lowest BCUT2D eigenvalue weighted by atomic mass is 9.48. The Morgan fingerprint density at radius 1 is 1.19 bits per heavy atom. The first-order valence-electron chi connectivity index (χ1n) is 9.75. The number of hydrogen-bond donors (Lipinski definition) is 2. The Labute approximate surface area is 153 Å². The summed E-state index contributed by atoms with van der Waals surface area (Å²) in [6.07, 6.45) is 8.23. The third-order valence-electron chi connectivity index (χ3n) is 6.86. The van der Waals surface area contributed by atoms with Crippen molar-refractivity contribution in [3.8, 4) is 0 Å². The van der Waals surface area contributed by atoms with Gasteiger partial charge in [-0.15, -0.1) is 0 Å². The molecule has 26 heavy (non-hydrogen) atoms. The summed E-state index contributed by atoms with van der Waals surface area (Å²) in [4.78, 5) is 35.3. The Balaban J connectivity index is 1.28. The van der Waals surface area contributed by atoms with Gasteiger partial charge in [0.25, 0.3) is 5.91 Å². The van der Waals surface area contributed by atoms with Crippen LogP contribution in [0.5, 0.6) is 0 Å². The predicted octanol–water partition coefficient (Wildman–Crippen LogP) is 1.52. The number of carbonyl (C=O) groups excluding carboxylic acids is 3. The molecule has 0 aromatic rings. The number of ether oxygens (including phenoxy) is 1. The van der Waals surface area contributed by atoms with Gasteiger partial charge < -0.3 is 10.1 Å². The van der Waals surface area contributed by atoms with Gasteiger partial charge in [-0.25, -0.2) is 10.2 Å². The van der Waals surface area contributed by atoms with Crippen LogP contribution in [0.3, 0.4) is 0 Å². The molecule has 7 nitrogen and oxygen atoms in total. The van der Waals surface area contributed by atoms with Crippen molar-refractivity contribution in [2.24, 2.45) is 28.3 Å². The number of nitrogens with one attached hydrogen (secondary N) is 2. The van der Waals surface area contributed by atoms with Crippen molar-refractivity contribution in [1.82, 2.24) is 10.7 Å². The fraction of sp³-hybridized carbons (Fsp3) is 0.789. The van der Waals surface area contributed by atoms with Gasteiger partial charge in [-0.1, -0.05) is 0 Å². The van der Waals surface area contributed by atoms with Crippen molar-refractivity contribution in [3.63, 3.8) is 0 Å². The molecule has 5 aliphatic rings. The van der Waals surface area contributed by atoms with E-state index < -0.39 is 5.97 Å². The maximum atomic E-state index is 12.3. The van der Waals surface area contributed by atoms with E-state index in [2.05, 4.69) is 22.8 Å². The average molecular weight is 361 g/mol. The van der Waals surface area contributed by atoms with Crippen LogP contribution in [0.1, 0.15) is 58.3 Å². The molecule has 0 aromatic carbocycles. The molecule has 1 heterocycles. The summed E-state index contributed by atoms with van der Waals surface area (Å²) in [7, 11) is 0. The van der Waals surface area contributed by atoms with E-state index in [1.54, 1.807) is 0 Å². The van der Waals surface area contributed by atoms with Crippen LogP contribution in [-0.4, -0.2) is 36.1 Å². The van der Waals surface area contributed by atoms with Crippen LogP contribution in [0.4, 0.5) is 0 Å². The molecule has 142 valence electrons. The molecular weight excluding hydrogens is 334 g/mol. The number of amides is 2. The summed E-state index contributed by atoms with van der Waals surface area (Å²) in [5.74, 6) is 1.38. The van der Waals surface area contributed by atoms with Crippen molar-refractivity contribution in [2.75, 3.05) is 6.61 Å². The minimum Gasteiger partial charge on any atom is -0.451 e. The number of esters is 1. The summed E-state index contributed by atoms with van der Waals surface area (Å²) in [5, 5.41) is 6.76. The van der Waals surface area contributed by atoms with E-state index >= 15 is 0 Å². The molecule has 0 unspecified atom stereocenters. The molecule has 4 fully saturated rings. The van der Waals surface area contributed by atoms with Crippen molar-refractivity contribution in [2.45, 2.75) is 64.3 Å². The topological polar surface area (TPSA) is 96.9 Å². The molecule has 0 saturated heterocycles. The average Bonchev–Trinajstić information content (AvgIpc) is 2.59. The third-order valence-corrected chi connectivity index (χ3v) is 6.86. The maximum Gasteiger partial charge on any atom is 0.355 e. The Bertz CT molecular complexity index is 622. The quantitative estimate of drug-likeness (QED) is 0.726. The van der Waals surface area contributed by atoms with E-state index in [0.29, 0.717) is 0 Å². The summed E-state index contributed by atoms with van der Waals surface area (Å²) in [6.45, 7) is 1.80. The highest BCUT2D eigenvalue weighted by Crippen LogP contribution is 2.61. The first-order chi connectivity index (χ1) is 12.4. The van der Waals surface area contributed by atoms with Crippen molar-refractivity contribution < 1.29 is 19.1 Å². The van der Waals surface area contributed by atoms with Gasteiger partial charge in [0.2, 0.25) is 5.91 Å². The van der Waals surface area contributed by atoms with E-state index in [-0.39, 0.29) is 48.4 Å². The lowest BCUT2D eigenvalue weighted by molar-refractivity contribution is -0.143. The van der Waals surface area contributed by atoms with Gasteiger partial charge in [0.1, 0.15) is 5.71 Å². The number of hydrazone groups is 1. The SMILES string of the molecule is C[C@H](NC(=O)COC(=O)C1=NNC(=O)CC1)C12CC3CC(CC(C3)C1)C2. The Hall–Kier alpha value is -1.92. The number of hydrogen-bond acceptors (Lipinski definition) is 5. The highest BCUT2D eigenvalue weighted by atomic mass is 16.5. The number of carbonyl (C=O) groups is 3. The van der Waals surface area contributed by atoms with Crippen molar-refractivity contribution >= 4 is 23.5 Å². The molecule has 4 saturated carbocycles. The first kappa shape index (κ1) is 17.5. The van der Waals surface area contributed by atoms with E-state index in [4.69, 9.17) is 4.74 Å². The maximum absolute atomic E-state index is 12.3. The number of nitrogens with zero attached hydrogens (tertiary/aromatic N) is 1. The summed E-state index contributed by atoms with van der Waals surface area (Å²) in [6, 6.07) is 0.105. The van der Waals surface area contributed by atoms with Gasteiger partial charge >= 0.3 is 5.97 Å². The summed E-state index contributed by atoms with van der Waals surface area (Å²) < 4.78 is 5.07. The fourth-order valence-corrected chi connectivity index (χ4v) is 5.98. The molecule has 2 amide bonds. The molecule has 0 radical (unpaired) electrons. The minimum absolute atomic E-state index is 0.105. The van der Waals surface area contributed by atoms with Crippen molar-refractivity contribution in [3.05, 3.63) is 0 Å². The van der Waals surface area contributed by atoms with Gasteiger partial charge in [0, 0.05) is 18.9 Å². The molecule has 4 bridgehead atoms. The van der Waals surface area contributed by atoms with E-state index in [9.17, 15) is 14.4 Å². The second-order valence-corrected chi connectivity index (χ2v) is 8.74. The van der Waals surface area contributed by atoms with Crippen LogP contribution in [0, 0.1) is 23.2 Å². The molecule has 0 spiro atoms. The van der Waals surface area contributed by atoms with E-state index in [0.717, 1.165) is 17.8 Å². The van der Waals surface area contributed by atoms with Crippen LogP contribution in [0.25, 0.3) is 0 Å². The van der Waals surface area contributed by atoms with Crippen LogP contribution >= 0.6 is 0 Å². The zero-order valence-electron chi connectivity index (χ0n) is 15.3. The van der Waals surface area contributed by atoms with E-state index in [1.807, 2.05) is 0 Å². The number of rotatable bonds is 5. The minimum atomic E-state index is -0.636. The second-order valence-electron chi connectivity index (χ2n) is 8.74. The smallest absolute Gasteiger partial charge is 0.355 e. The zero-order valence-corrected chi connectivity index (χ0v) is 15.3. The predicted molar refractivity (Wildman–Crippen MR) is 94.0 cm³/mol. The standard InChI is InChI=1S/C19H27N3O4/c1-11(19-7-12-4-13(8-19)6-14(5-12)9-19)20-17(24)10-26-18(25)15-2-3-16(23)22-21-15/h11-14H,2-10H2,1H3,(H,20,24)(H,22,23)/t11-,12?,13?,14?,19?/m0/s1. The van der Waals surface area contributed by atoms with Gasteiger partial charge in [-0.05, 0) is 68.6 Å². The molecule has 4 aliphatic carbocycles.